The first-order valence-electron chi connectivity index (χ1n) is 6.45. The summed E-state index contributed by atoms with van der Waals surface area (Å²) in [6.45, 7) is 2.25. The number of rotatable bonds is 5. The number of carbonyl (C=O) groups is 1. The van der Waals surface area contributed by atoms with E-state index in [-0.39, 0.29) is 5.91 Å². The lowest BCUT2D eigenvalue weighted by Crippen LogP contribution is -2.46. The minimum Gasteiger partial charge on any atom is -0.382 e. The molecule has 2 rings (SSSR count). The van der Waals surface area contributed by atoms with Crippen molar-refractivity contribution >= 4 is 17.2 Å². The number of thiophene rings is 1. The number of benzene rings is 1. The molecule has 0 fully saturated rings. The smallest absolute Gasteiger partial charge is 0.263 e. The van der Waals surface area contributed by atoms with Crippen LogP contribution in [0.5, 0.6) is 0 Å². The number of methoxy groups -OCH3 is 1. The van der Waals surface area contributed by atoms with Crippen LogP contribution in [0.25, 0.3) is 0 Å². The van der Waals surface area contributed by atoms with Crippen molar-refractivity contribution in [1.29, 1.82) is 5.26 Å². The fraction of sp³-hybridized carbons (Fsp3) is 0.250. The quantitative estimate of drug-likeness (QED) is 0.923. The number of carbonyl (C=O) groups excluding carboxylic acids is 1. The minimum atomic E-state index is -0.649. The fourth-order valence-corrected chi connectivity index (χ4v) is 2.91. The third kappa shape index (κ3) is 3.30. The zero-order valence-corrected chi connectivity index (χ0v) is 12.7. The highest BCUT2D eigenvalue weighted by molar-refractivity contribution is 7.12. The van der Waals surface area contributed by atoms with Gasteiger partial charge in [-0.05, 0) is 23.9 Å². The van der Waals surface area contributed by atoms with Crippen molar-refractivity contribution in [3.63, 3.8) is 0 Å². The average molecular weight is 300 g/mol. The van der Waals surface area contributed by atoms with Crippen molar-refractivity contribution in [2.24, 2.45) is 0 Å². The predicted molar refractivity (Wildman–Crippen MR) is 82.2 cm³/mol. The maximum absolute atomic E-state index is 12.4. The van der Waals surface area contributed by atoms with E-state index in [0.717, 1.165) is 5.56 Å². The van der Waals surface area contributed by atoms with Crippen LogP contribution in [0.3, 0.4) is 0 Å². The Hall–Kier alpha value is -2.16. The monoisotopic (exact) mass is 300 g/mol. The summed E-state index contributed by atoms with van der Waals surface area (Å²) >= 11 is 1.26. The first kappa shape index (κ1) is 15.2. The second-order valence-electron chi connectivity index (χ2n) is 4.86. The van der Waals surface area contributed by atoms with Crippen molar-refractivity contribution in [2.75, 3.05) is 13.7 Å². The van der Waals surface area contributed by atoms with Crippen LogP contribution < -0.4 is 5.32 Å². The largest absolute Gasteiger partial charge is 0.382 e. The molecular weight excluding hydrogens is 284 g/mol. The van der Waals surface area contributed by atoms with Crippen molar-refractivity contribution < 1.29 is 9.53 Å². The molecular formula is C16H16N2O2S. The summed E-state index contributed by atoms with van der Waals surface area (Å²) in [5, 5.41) is 13.7. The normalized spacial score (nSPS) is 13.2. The fourth-order valence-electron chi connectivity index (χ4n) is 2.17. The Morgan fingerprint density at radius 3 is 2.71 bits per heavy atom. The molecule has 0 spiro atoms. The van der Waals surface area contributed by atoms with Gasteiger partial charge >= 0.3 is 0 Å². The molecule has 0 aliphatic carbocycles. The van der Waals surface area contributed by atoms with Gasteiger partial charge < -0.3 is 10.1 Å². The highest BCUT2D eigenvalue weighted by Gasteiger charge is 2.30. The molecule has 1 unspecified atom stereocenters. The Balaban J connectivity index is 2.29. The van der Waals surface area contributed by atoms with E-state index < -0.39 is 5.54 Å². The van der Waals surface area contributed by atoms with Crippen LogP contribution in [0, 0.1) is 11.3 Å². The van der Waals surface area contributed by atoms with Gasteiger partial charge in [-0.15, -0.1) is 11.3 Å². The molecule has 1 N–H and O–H groups in total. The van der Waals surface area contributed by atoms with Crippen molar-refractivity contribution in [1.82, 2.24) is 5.32 Å². The van der Waals surface area contributed by atoms with E-state index in [2.05, 4.69) is 5.32 Å². The molecule has 2 aromatic rings. The van der Waals surface area contributed by atoms with Gasteiger partial charge in [0.25, 0.3) is 5.91 Å². The molecule has 1 aromatic carbocycles. The van der Waals surface area contributed by atoms with Gasteiger partial charge in [-0.25, -0.2) is 0 Å². The molecule has 1 amide bonds. The summed E-state index contributed by atoms with van der Waals surface area (Å²) in [4.78, 5) is 12.9. The van der Waals surface area contributed by atoms with Crippen LogP contribution in [-0.2, 0) is 10.3 Å². The molecule has 0 radical (unpaired) electrons. The van der Waals surface area contributed by atoms with E-state index >= 15 is 0 Å². The van der Waals surface area contributed by atoms with Crippen LogP contribution in [-0.4, -0.2) is 19.6 Å². The molecule has 4 nitrogen and oxygen atoms in total. The molecule has 0 bridgehead atoms. The minimum absolute atomic E-state index is 0.259. The van der Waals surface area contributed by atoms with Gasteiger partial charge in [-0.3, -0.25) is 4.79 Å². The molecule has 0 saturated carbocycles. The van der Waals surface area contributed by atoms with Crippen LogP contribution in [0.1, 0.15) is 27.7 Å². The average Bonchev–Trinajstić information content (AvgIpc) is 2.97. The summed E-state index contributed by atoms with van der Waals surface area (Å²) in [6, 6.07) is 13.3. The van der Waals surface area contributed by atoms with E-state index in [1.807, 2.05) is 43.3 Å². The number of nitrogens with one attached hydrogen (secondary N) is 1. The summed E-state index contributed by atoms with van der Waals surface area (Å²) < 4.78 is 5.26. The second kappa shape index (κ2) is 6.53. The Morgan fingerprint density at radius 2 is 2.10 bits per heavy atom. The molecule has 0 aliphatic heterocycles. The van der Waals surface area contributed by atoms with Gasteiger partial charge in [-0.1, -0.05) is 30.3 Å². The number of hydrogen-bond acceptors (Lipinski definition) is 4. The summed E-state index contributed by atoms with van der Waals surface area (Å²) in [5.41, 5.74) is 0.699. The van der Waals surface area contributed by atoms with Crippen LogP contribution in [0.15, 0.2) is 41.8 Å². The maximum Gasteiger partial charge on any atom is 0.263 e. The summed E-state index contributed by atoms with van der Waals surface area (Å²) in [6.07, 6.45) is 0. The number of ether oxygens (including phenoxy) is 1. The first-order chi connectivity index (χ1) is 10.1. The molecule has 5 heteroatoms. The van der Waals surface area contributed by atoms with E-state index in [4.69, 9.17) is 10.00 Å². The Morgan fingerprint density at radius 1 is 1.38 bits per heavy atom. The number of hydrogen-bond donors (Lipinski definition) is 1. The highest BCUT2D eigenvalue weighted by Crippen LogP contribution is 2.23. The molecule has 1 heterocycles. The zero-order valence-electron chi connectivity index (χ0n) is 11.9. The van der Waals surface area contributed by atoms with Crippen LogP contribution in [0.4, 0.5) is 0 Å². The summed E-state index contributed by atoms with van der Waals surface area (Å²) in [5.74, 6) is -0.259. The molecule has 0 saturated heterocycles. The Kier molecular flexibility index (Phi) is 4.73. The second-order valence-corrected chi connectivity index (χ2v) is 5.78. The number of nitriles is 1. The van der Waals surface area contributed by atoms with E-state index in [1.165, 1.54) is 11.3 Å². The van der Waals surface area contributed by atoms with Gasteiger partial charge in [0.15, 0.2) is 0 Å². The maximum atomic E-state index is 12.4. The third-order valence-electron chi connectivity index (χ3n) is 3.23. The van der Waals surface area contributed by atoms with Gasteiger partial charge in [0, 0.05) is 7.11 Å². The van der Waals surface area contributed by atoms with E-state index in [1.54, 1.807) is 18.6 Å². The topological polar surface area (TPSA) is 62.1 Å². The zero-order chi connectivity index (χ0) is 15.3. The SMILES string of the molecule is COCC(C)(NC(=O)c1sccc1C#N)c1ccccc1. The number of nitrogens with zero attached hydrogens (tertiary/aromatic N) is 1. The lowest BCUT2D eigenvalue weighted by molar-refractivity contribution is 0.0789. The molecule has 1 aromatic heterocycles. The highest BCUT2D eigenvalue weighted by atomic mass is 32.1. The van der Waals surface area contributed by atoms with E-state index in [0.29, 0.717) is 17.0 Å². The van der Waals surface area contributed by atoms with Gasteiger partial charge in [-0.2, -0.15) is 5.26 Å². The van der Waals surface area contributed by atoms with Crippen molar-refractivity contribution in [3.05, 3.63) is 57.8 Å². The van der Waals surface area contributed by atoms with Gasteiger partial charge in [0.05, 0.1) is 17.7 Å². The van der Waals surface area contributed by atoms with Crippen LogP contribution in [0.2, 0.25) is 0 Å². The van der Waals surface area contributed by atoms with Crippen LogP contribution >= 0.6 is 11.3 Å². The molecule has 108 valence electrons. The van der Waals surface area contributed by atoms with E-state index in [9.17, 15) is 4.79 Å². The lowest BCUT2D eigenvalue weighted by Gasteiger charge is -2.30. The number of amides is 1. The predicted octanol–water partition coefficient (Wildman–Crippen LogP) is 2.91. The Bertz CT molecular complexity index is 660. The van der Waals surface area contributed by atoms with Crippen molar-refractivity contribution in [2.45, 2.75) is 12.5 Å². The molecule has 1 atom stereocenters. The molecule has 21 heavy (non-hydrogen) atoms. The standard InChI is InChI=1S/C16H16N2O2S/c1-16(11-20-2,13-6-4-3-5-7-13)18-15(19)14-12(10-17)8-9-21-14/h3-9H,11H2,1-2H3,(H,18,19). The van der Waals surface area contributed by atoms with Gasteiger partial charge in [0.2, 0.25) is 0 Å². The third-order valence-corrected chi connectivity index (χ3v) is 4.14. The first-order valence-corrected chi connectivity index (χ1v) is 7.33. The van der Waals surface area contributed by atoms with Crippen molar-refractivity contribution in [3.8, 4) is 6.07 Å². The summed E-state index contributed by atoms with van der Waals surface area (Å²) in [7, 11) is 1.60. The molecule has 0 aliphatic rings. The Labute approximate surface area is 128 Å². The lowest BCUT2D eigenvalue weighted by atomic mass is 9.92. The van der Waals surface area contributed by atoms with Gasteiger partial charge in [0.1, 0.15) is 10.9 Å².